The fraction of sp³-hybridized carbons (Fsp3) is 0.250. The van der Waals surface area contributed by atoms with Crippen LogP contribution in [0.1, 0.15) is 41.6 Å². The molecule has 2 atom stereocenters. The molecule has 5 aromatic carbocycles. The van der Waals surface area contributed by atoms with Crippen LogP contribution in [0.5, 0.6) is 0 Å². The first kappa shape index (κ1) is 32.0. The van der Waals surface area contributed by atoms with E-state index in [4.69, 9.17) is 4.74 Å². The Kier molecular flexibility index (Phi) is 9.34. The van der Waals surface area contributed by atoms with Gasteiger partial charge in [-0.2, -0.15) is 0 Å². The maximum absolute atomic E-state index is 12.6. The number of hydrogen-bond donors (Lipinski definition) is 1. The van der Waals surface area contributed by atoms with Gasteiger partial charge in [0, 0.05) is 37.8 Å². The Bertz CT molecular complexity index is 2090. The fourth-order valence-corrected chi connectivity index (χ4v) is 6.71. The summed E-state index contributed by atoms with van der Waals surface area (Å²) in [5.74, 6) is -0.0750. The lowest BCUT2D eigenvalue weighted by Gasteiger charge is -2.36. The number of anilines is 1. The standard InChI is InChI=1S/C40H39N5O4/c1-28(46)45(24-30-10-14-32-6-2-4-8-34(32)22-30)36-16-12-29(13-17-36)18-21-44-25-38(41-42-44)37-19-20-43(40(47)48)26-39(37)49-27-31-11-15-33-7-3-5-9-35(33)23-31/h2-17,22-23,25,37,39H,18-21,24,26-27H2,1H3,(H,47,48)/t37-,39+/m0/s1. The number of amides is 2. The summed E-state index contributed by atoms with van der Waals surface area (Å²) in [5, 5.41) is 23.3. The highest BCUT2D eigenvalue weighted by atomic mass is 16.5. The molecule has 0 bridgehead atoms. The zero-order valence-electron chi connectivity index (χ0n) is 27.5. The molecular weight excluding hydrogens is 614 g/mol. The quantitative estimate of drug-likeness (QED) is 0.165. The van der Waals surface area contributed by atoms with Crippen LogP contribution in [-0.4, -0.2) is 56.2 Å². The van der Waals surface area contributed by atoms with Crippen molar-refractivity contribution in [3.8, 4) is 0 Å². The van der Waals surface area contributed by atoms with Crippen LogP contribution in [0.2, 0.25) is 0 Å². The number of carboxylic acid groups (broad SMARTS) is 1. The number of carbonyl (C=O) groups is 2. The van der Waals surface area contributed by atoms with Crippen LogP contribution in [0.3, 0.4) is 0 Å². The van der Waals surface area contributed by atoms with Crippen LogP contribution < -0.4 is 4.90 Å². The molecule has 7 rings (SSSR count). The molecule has 1 fully saturated rings. The first-order valence-corrected chi connectivity index (χ1v) is 16.7. The van der Waals surface area contributed by atoms with Crippen molar-refractivity contribution in [1.82, 2.24) is 19.9 Å². The number of fused-ring (bicyclic) bond motifs is 2. The molecular formula is C40H39N5O4. The highest BCUT2D eigenvalue weighted by Crippen LogP contribution is 2.30. The summed E-state index contributed by atoms with van der Waals surface area (Å²) in [6.07, 6.45) is 2.04. The SMILES string of the molecule is CC(=O)N(Cc1ccc2ccccc2c1)c1ccc(CCn2cc([C@@H]3CCN(C(=O)O)C[C@H]3OCc3ccc4ccccc4c3)nn2)cc1. The smallest absolute Gasteiger partial charge is 0.407 e. The van der Waals surface area contributed by atoms with E-state index in [0.717, 1.165) is 45.3 Å². The minimum atomic E-state index is -0.937. The molecule has 1 N–H and O–H groups in total. The Labute approximate surface area is 285 Å². The van der Waals surface area contributed by atoms with Gasteiger partial charge in [-0.1, -0.05) is 90.1 Å². The highest BCUT2D eigenvalue weighted by molar-refractivity contribution is 5.92. The topological polar surface area (TPSA) is 101 Å². The summed E-state index contributed by atoms with van der Waals surface area (Å²) < 4.78 is 8.24. The van der Waals surface area contributed by atoms with Crippen LogP contribution in [0.15, 0.2) is 115 Å². The van der Waals surface area contributed by atoms with Crippen molar-refractivity contribution in [2.75, 3.05) is 18.0 Å². The van der Waals surface area contributed by atoms with Crippen molar-refractivity contribution in [3.63, 3.8) is 0 Å². The second kappa shape index (κ2) is 14.3. The maximum atomic E-state index is 12.6. The first-order valence-electron chi connectivity index (χ1n) is 16.7. The molecule has 9 heteroatoms. The third-order valence-electron chi connectivity index (χ3n) is 9.46. The summed E-state index contributed by atoms with van der Waals surface area (Å²) in [7, 11) is 0. The molecule has 1 aliphatic rings. The van der Waals surface area contributed by atoms with Gasteiger partial charge in [-0.3, -0.25) is 9.48 Å². The second-order valence-corrected chi connectivity index (χ2v) is 12.8. The van der Waals surface area contributed by atoms with Gasteiger partial charge in [0.15, 0.2) is 0 Å². The predicted molar refractivity (Wildman–Crippen MR) is 190 cm³/mol. The number of piperidine rings is 1. The third-order valence-corrected chi connectivity index (χ3v) is 9.46. The van der Waals surface area contributed by atoms with E-state index in [9.17, 15) is 14.7 Å². The van der Waals surface area contributed by atoms with E-state index in [2.05, 4.69) is 83.1 Å². The summed E-state index contributed by atoms with van der Waals surface area (Å²) in [6.45, 7) is 3.82. The maximum Gasteiger partial charge on any atom is 0.407 e. The highest BCUT2D eigenvalue weighted by Gasteiger charge is 2.35. The molecule has 1 saturated heterocycles. The number of likely N-dealkylation sites (tertiary alicyclic amines) is 1. The largest absolute Gasteiger partial charge is 0.465 e. The minimum absolute atomic E-state index is 0.00945. The molecule has 0 spiro atoms. The van der Waals surface area contributed by atoms with Crippen molar-refractivity contribution >= 4 is 39.2 Å². The van der Waals surface area contributed by atoms with Crippen molar-refractivity contribution in [3.05, 3.63) is 138 Å². The average molecular weight is 654 g/mol. The Morgan fingerprint density at radius 1 is 0.837 bits per heavy atom. The predicted octanol–water partition coefficient (Wildman–Crippen LogP) is 7.43. The zero-order valence-corrected chi connectivity index (χ0v) is 27.5. The molecule has 9 nitrogen and oxygen atoms in total. The van der Waals surface area contributed by atoms with Gasteiger partial charge < -0.3 is 19.6 Å². The van der Waals surface area contributed by atoms with Crippen molar-refractivity contribution in [1.29, 1.82) is 0 Å². The summed E-state index contributed by atoms with van der Waals surface area (Å²) in [6, 6.07) is 37.1. The second-order valence-electron chi connectivity index (χ2n) is 12.8. The molecule has 2 amide bonds. The number of nitrogens with zero attached hydrogens (tertiary/aromatic N) is 5. The summed E-state index contributed by atoms with van der Waals surface area (Å²) in [4.78, 5) is 27.7. The molecule has 1 aliphatic heterocycles. The molecule has 0 radical (unpaired) electrons. The van der Waals surface area contributed by atoms with Crippen LogP contribution in [0.25, 0.3) is 21.5 Å². The van der Waals surface area contributed by atoms with Crippen LogP contribution >= 0.6 is 0 Å². The van der Waals surface area contributed by atoms with Gasteiger partial charge >= 0.3 is 6.09 Å². The van der Waals surface area contributed by atoms with Gasteiger partial charge in [0.1, 0.15) is 0 Å². The third kappa shape index (κ3) is 7.47. The monoisotopic (exact) mass is 653 g/mol. The number of aromatic nitrogens is 3. The minimum Gasteiger partial charge on any atom is -0.465 e. The molecule has 1 aromatic heterocycles. The Balaban J connectivity index is 0.987. The van der Waals surface area contributed by atoms with E-state index in [-0.39, 0.29) is 24.5 Å². The van der Waals surface area contributed by atoms with E-state index >= 15 is 0 Å². The van der Waals surface area contributed by atoms with E-state index in [0.29, 0.717) is 32.7 Å². The van der Waals surface area contributed by atoms with Gasteiger partial charge in [0.2, 0.25) is 5.91 Å². The van der Waals surface area contributed by atoms with Crippen LogP contribution in [-0.2, 0) is 35.6 Å². The Morgan fingerprint density at radius 3 is 2.14 bits per heavy atom. The molecule has 0 aliphatic carbocycles. The molecule has 248 valence electrons. The number of benzene rings is 5. The van der Waals surface area contributed by atoms with Crippen molar-refractivity contribution < 1.29 is 19.4 Å². The van der Waals surface area contributed by atoms with Crippen LogP contribution in [0.4, 0.5) is 10.5 Å². The molecule has 2 heterocycles. The van der Waals surface area contributed by atoms with Gasteiger partial charge in [-0.15, -0.1) is 5.10 Å². The summed E-state index contributed by atoms with van der Waals surface area (Å²) in [5.41, 5.74) is 4.92. The molecule has 49 heavy (non-hydrogen) atoms. The number of hydrogen-bond acceptors (Lipinski definition) is 5. The van der Waals surface area contributed by atoms with Crippen LogP contribution in [0, 0.1) is 0 Å². The Hall–Kier alpha value is -5.54. The molecule has 6 aromatic rings. The zero-order chi connectivity index (χ0) is 33.7. The first-order chi connectivity index (χ1) is 23.9. The lowest BCUT2D eigenvalue weighted by Crippen LogP contribution is -2.46. The fourth-order valence-electron chi connectivity index (χ4n) is 6.71. The van der Waals surface area contributed by atoms with Gasteiger partial charge in [-0.05, 0) is 75.3 Å². The average Bonchev–Trinajstić information content (AvgIpc) is 3.61. The van der Waals surface area contributed by atoms with Crippen molar-refractivity contribution in [2.45, 2.75) is 51.5 Å². The van der Waals surface area contributed by atoms with Gasteiger partial charge in [0.25, 0.3) is 0 Å². The van der Waals surface area contributed by atoms with Crippen molar-refractivity contribution in [2.24, 2.45) is 0 Å². The van der Waals surface area contributed by atoms with Gasteiger partial charge in [0.05, 0.1) is 31.5 Å². The molecule has 0 unspecified atom stereocenters. The lowest BCUT2D eigenvalue weighted by molar-refractivity contribution is -0.116. The summed E-state index contributed by atoms with van der Waals surface area (Å²) >= 11 is 0. The van der Waals surface area contributed by atoms with E-state index < -0.39 is 6.09 Å². The number of rotatable bonds is 10. The van der Waals surface area contributed by atoms with Gasteiger partial charge in [-0.25, -0.2) is 4.79 Å². The number of ether oxygens (including phenoxy) is 1. The van der Waals surface area contributed by atoms with E-state index in [1.54, 1.807) is 11.8 Å². The number of carbonyl (C=O) groups excluding carboxylic acids is 1. The lowest BCUT2D eigenvalue weighted by atomic mass is 9.91. The van der Waals surface area contributed by atoms with E-state index in [1.807, 2.05) is 47.3 Å². The van der Waals surface area contributed by atoms with E-state index in [1.165, 1.54) is 15.7 Å². The number of aryl methyl sites for hydroxylation is 2. The molecule has 0 saturated carbocycles. The normalized spacial score (nSPS) is 16.2. The Morgan fingerprint density at radius 2 is 1.47 bits per heavy atom.